The first-order valence-electron chi connectivity index (χ1n) is 5.99. The van der Waals surface area contributed by atoms with E-state index in [1.54, 1.807) is 0 Å². The summed E-state index contributed by atoms with van der Waals surface area (Å²) in [6.45, 7) is 2.55. The standard InChI is InChI=1S/C14H18O/c1-10-8-14(10,9-15)13-6-5-11-3-2-4-12(11)7-13/h5-7,10,15H,2-4,8-9H2,1H3. The molecule has 1 fully saturated rings. The van der Waals surface area contributed by atoms with Crippen molar-refractivity contribution in [1.82, 2.24) is 0 Å². The maximum Gasteiger partial charge on any atom is 0.0530 e. The van der Waals surface area contributed by atoms with Gasteiger partial charge in [-0.3, -0.25) is 0 Å². The smallest absolute Gasteiger partial charge is 0.0530 e. The number of aliphatic hydroxyl groups is 1. The van der Waals surface area contributed by atoms with Crippen molar-refractivity contribution >= 4 is 0 Å². The van der Waals surface area contributed by atoms with Crippen LogP contribution < -0.4 is 0 Å². The van der Waals surface area contributed by atoms with Crippen molar-refractivity contribution in [3.05, 3.63) is 34.9 Å². The lowest BCUT2D eigenvalue weighted by Gasteiger charge is -2.15. The summed E-state index contributed by atoms with van der Waals surface area (Å²) in [4.78, 5) is 0. The van der Waals surface area contributed by atoms with E-state index in [1.807, 2.05) is 0 Å². The Labute approximate surface area is 91.1 Å². The minimum atomic E-state index is 0.109. The lowest BCUT2D eigenvalue weighted by molar-refractivity contribution is 0.247. The van der Waals surface area contributed by atoms with Gasteiger partial charge in [0.05, 0.1) is 6.61 Å². The minimum absolute atomic E-state index is 0.109. The zero-order valence-corrected chi connectivity index (χ0v) is 9.29. The average Bonchev–Trinajstić information content (AvgIpc) is 2.74. The second-order valence-corrected chi connectivity index (χ2v) is 5.26. The van der Waals surface area contributed by atoms with Crippen LogP contribution in [0.2, 0.25) is 0 Å². The molecule has 1 aromatic carbocycles. The number of aryl methyl sites for hydroxylation is 2. The van der Waals surface area contributed by atoms with Crippen LogP contribution in [0.25, 0.3) is 0 Å². The zero-order valence-electron chi connectivity index (χ0n) is 9.29. The molecule has 1 nitrogen and oxygen atoms in total. The Kier molecular flexibility index (Phi) is 1.93. The largest absolute Gasteiger partial charge is 0.395 e. The fourth-order valence-electron chi connectivity index (χ4n) is 3.08. The van der Waals surface area contributed by atoms with Crippen molar-refractivity contribution in [2.24, 2.45) is 5.92 Å². The molecule has 1 heteroatoms. The third-order valence-electron chi connectivity index (χ3n) is 4.41. The van der Waals surface area contributed by atoms with Gasteiger partial charge in [0.1, 0.15) is 0 Å². The van der Waals surface area contributed by atoms with E-state index >= 15 is 0 Å². The van der Waals surface area contributed by atoms with Gasteiger partial charge in [0.2, 0.25) is 0 Å². The number of benzene rings is 1. The SMILES string of the molecule is CC1CC1(CO)c1ccc2c(c1)CCC2. The highest BCUT2D eigenvalue weighted by atomic mass is 16.3. The van der Waals surface area contributed by atoms with Gasteiger partial charge in [0.15, 0.2) is 0 Å². The molecule has 0 aliphatic heterocycles. The number of hydrogen-bond donors (Lipinski definition) is 1. The van der Waals surface area contributed by atoms with Gasteiger partial charge in [-0.1, -0.05) is 25.1 Å². The molecular formula is C14H18O. The summed E-state index contributed by atoms with van der Waals surface area (Å²) in [5.74, 6) is 0.655. The first kappa shape index (κ1) is 9.41. The lowest BCUT2D eigenvalue weighted by Crippen LogP contribution is -2.15. The monoisotopic (exact) mass is 202 g/mol. The molecule has 3 rings (SSSR count). The Morgan fingerprint density at radius 2 is 2.07 bits per heavy atom. The van der Waals surface area contributed by atoms with E-state index < -0.39 is 0 Å². The summed E-state index contributed by atoms with van der Waals surface area (Å²) in [5.41, 5.74) is 4.54. The van der Waals surface area contributed by atoms with Gasteiger partial charge >= 0.3 is 0 Å². The van der Waals surface area contributed by atoms with Gasteiger partial charge in [-0.05, 0) is 48.3 Å². The maximum atomic E-state index is 9.53. The zero-order chi connectivity index (χ0) is 10.5. The van der Waals surface area contributed by atoms with Crippen molar-refractivity contribution in [2.75, 3.05) is 6.61 Å². The molecule has 0 amide bonds. The average molecular weight is 202 g/mol. The Bertz CT molecular complexity index is 392. The molecule has 2 aliphatic rings. The van der Waals surface area contributed by atoms with Crippen LogP contribution in [0.5, 0.6) is 0 Å². The van der Waals surface area contributed by atoms with Crippen molar-refractivity contribution in [3.63, 3.8) is 0 Å². The normalized spacial score (nSPS) is 32.8. The highest BCUT2D eigenvalue weighted by Crippen LogP contribution is 2.54. The van der Waals surface area contributed by atoms with Gasteiger partial charge in [-0.15, -0.1) is 0 Å². The Morgan fingerprint density at radius 1 is 1.33 bits per heavy atom. The Balaban J connectivity index is 2.00. The first-order chi connectivity index (χ1) is 7.26. The van der Waals surface area contributed by atoms with Gasteiger partial charge in [0.25, 0.3) is 0 Å². The van der Waals surface area contributed by atoms with E-state index in [0.717, 1.165) is 6.42 Å². The van der Waals surface area contributed by atoms with E-state index in [0.29, 0.717) is 12.5 Å². The molecule has 1 saturated carbocycles. The molecule has 80 valence electrons. The van der Waals surface area contributed by atoms with E-state index in [4.69, 9.17) is 0 Å². The van der Waals surface area contributed by atoms with Crippen LogP contribution in [0.1, 0.15) is 36.5 Å². The van der Waals surface area contributed by atoms with E-state index in [1.165, 1.54) is 36.0 Å². The molecule has 0 radical (unpaired) electrons. The molecule has 1 aromatic rings. The molecule has 1 N–H and O–H groups in total. The quantitative estimate of drug-likeness (QED) is 0.781. The van der Waals surface area contributed by atoms with Crippen LogP contribution in [0.3, 0.4) is 0 Å². The van der Waals surface area contributed by atoms with Crippen molar-refractivity contribution in [2.45, 2.75) is 38.0 Å². The fourth-order valence-corrected chi connectivity index (χ4v) is 3.08. The Hall–Kier alpha value is -0.820. The van der Waals surface area contributed by atoms with E-state index in [9.17, 15) is 5.11 Å². The molecule has 0 spiro atoms. The minimum Gasteiger partial charge on any atom is -0.395 e. The highest BCUT2D eigenvalue weighted by Gasteiger charge is 2.51. The summed E-state index contributed by atoms with van der Waals surface area (Å²) in [7, 11) is 0. The van der Waals surface area contributed by atoms with Crippen LogP contribution in [0.15, 0.2) is 18.2 Å². The summed E-state index contributed by atoms with van der Waals surface area (Å²) in [6.07, 6.45) is 4.94. The van der Waals surface area contributed by atoms with Crippen LogP contribution >= 0.6 is 0 Å². The van der Waals surface area contributed by atoms with Crippen LogP contribution in [-0.4, -0.2) is 11.7 Å². The van der Waals surface area contributed by atoms with E-state index in [2.05, 4.69) is 25.1 Å². The Morgan fingerprint density at radius 3 is 2.73 bits per heavy atom. The second-order valence-electron chi connectivity index (χ2n) is 5.26. The molecule has 15 heavy (non-hydrogen) atoms. The topological polar surface area (TPSA) is 20.2 Å². The molecule has 0 aromatic heterocycles. The predicted molar refractivity (Wildman–Crippen MR) is 61.0 cm³/mol. The molecule has 0 bridgehead atoms. The molecule has 2 unspecified atom stereocenters. The van der Waals surface area contributed by atoms with Gasteiger partial charge in [-0.25, -0.2) is 0 Å². The lowest BCUT2D eigenvalue weighted by atomic mass is 9.92. The molecule has 0 heterocycles. The number of hydrogen-bond acceptors (Lipinski definition) is 1. The summed E-state index contributed by atoms with van der Waals surface area (Å²) in [5, 5.41) is 9.53. The fraction of sp³-hybridized carbons (Fsp3) is 0.571. The van der Waals surface area contributed by atoms with Crippen LogP contribution in [0.4, 0.5) is 0 Å². The first-order valence-corrected chi connectivity index (χ1v) is 5.99. The molecule has 2 atom stereocenters. The van der Waals surface area contributed by atoms with Crippen molar-refractivity contribution in [3.8, 4) is 0 Å². The van der Waals surface area contributed by atoms with Gasteiger partial charge in [-0.2, -0.15) is 0 Å². The van der Waals surface area contributed by atoms with Crippen molar-refractivity contribution in [1.29, 1.82) is 0 Å². The summed E-state index contributed by atoms with van der Waals surface area (Å²) < 4.78 is 0. The number of rotatable bonds is 2. The van der Waals surface area contributed by atoms with E-state index in [-0.39, 0.29) is 5.41 Å². The van der Waals surface area contributed by atoms with Crippen molar-refractivity contribution < 1.29 is 5.11 Å². The molecule has 0 saturated heterocycles. The highest BCUT2D eigenvalue weighted by molar-refractivity contribution is 5.42. The predicted octanol–water partition coefficient (Wildman–Crippen LogP) is 2.45. The summed E-state index contributed by atoms with van der Waals surface area (Å²) in [6, 6.07) is 6.87. The second kappa shape index (κ2) is 3.08. The number of aliphatic hydroxyl groups excluding tert-OH is 1. The maximum absolute atomic E-state index is 9.53. The summed E-state index contributed by atoms with van der Waals surface area (Å²) >= 11 is 0. The molecular weight excluding hydrogens is 184 g/mol. The third-order valence-corrected chi connectivity index (χ3v) is 4.41. The van der Waals surface area contributed by atoms with Gasteiger partial charge in [0, 0.05) is 5.41 Å². The van der Waals surface area contributed by atoms with Crippen LogP contribution in [0, 0.1) is 5.92 Å². The molecule has 2 aliphatic carbocycles. The number of fused-ring (bicyclic) bond motifs is 1. The van der Waals surface area contributed by atoms with Gasteiger partial charge < -0.3 is 5.11 Å². The van der Waals surface area contributed by atoms with Crippen LogP contribution in [-0.2, 0) is 18.3 Å². The third kappa shape index (κ3) is 1.26.